The molecule has 0 aliphatic rings. The Morgan fingerprint density at radius 1 is 1.05 bits per heavy atom. The Kier molecular flexibility index (Phi) is 4.92. The van der Waals surface area contributed by atoms with Crippen LogP contribution in [0.2, 0.25) is 0 Å². The van der Waals surface area contributed by atoms with Crippen LogP contribution in [0.4, 0.5) is 0 Å². The predicted octanol–water partition coefficient (Wildman–Crippen LogP) is 3.78. The van der Waals surface area contributed by atoms with Crippen molar-refractivity contribution >= 4 is 24.8 Å². The molecule has 0 spiro atoms. The molecule has 114 valence electrons. The minimum absolute atomic E-state index is 0.881. The first-order valence-corrected chi connectivity index (χ1v) is 9.26. The van der Waals surface area contributed by atoms with E-state index >= 15 is 0 Å². The lowest BCUT2D eigenvalue weighted by molar-refractivity contribution is 0.331. The number of fused-ring (bicyclic) bond motifs is 1. The smallest absolute Gasteiger partial charge is 0.0456 e. The Bertz CT molecular complexity index is 731. The van der Waals surface area contributed by atoms with Gasteiger partial charge in [-0.25, -0.2) is 0 Å². The Labute approximate surface area is 134 Å². The average molecular weight is 310 g/mol. The maximum atomic E-state index is 3.36. The summed E-state index contributed by atoms with van der Waals surface area (Å²) in [6.45, 7) is 4.30. The molecule has 0 saturated heterocycles. The molecule has 1 aromatic heterocycles. The van der Waals surface area contributed by atoms with E-state index in [1.54, 1.807) is 0 Å². The van der Waals surface area contributed by atoms with Crippen LogP contribution in [0.15, 0.2) is 54.7 Å². The summed E-state index contributed by atoms with van der Waals surface area (Å²) >= 11 is 0. The molecule has 2 nitrogen and oxygen atoms in total. The lowest BCUT2D eigenvalue weighted by Crippen LogP contribution is -2.20. The van der Waals surface area contributed by atoms with Crippen LogP contribution in [0, 0.1) is 0 Å². The van der Waals surface area contributed by atoms with E-state index in [1.165, 1.54) is 27.3 Å². The molecule has 1 atom stereocenters. The molecular weight excluding hydrogens is 287 g/mol. The van der Waals surface area contributed by atoms with Crippen LogP contribution in [0.1, 0.15) is 11.1 Å². The zero-order valence-electron chi connectivity index (χ0n) is 13.3. The van der Waals surface area contributed by atoms with Crippen LogP contribution >= 0.6 is 8.58 Å². The number of hydrogen-bond acceptors (Lipinski definition) is 1. The number of nitrogens with zero attached hydrogens (tertiary/aromatic N) is 1. The molecule has 0 bridgehead atoms. The molecule has 3 aromatic rings. The third-order valence-electron chi connectivity index (χ3n) is 4.13. The minimum atomic E-state index is 0.881. The van der Waals surface area contributed by atoms with E-state index in [0.717, 1.165) is 28.1 Å². The third kappa shape index (κ3) is 3.58. The lowest BCUT2D eigenvalue weighted by atomic mass is 10.1. The zero-order valence-corrected chi connectivity index (χ0v) is 14.3. The van der Waals surface area contributed by atoms with Crippen molar-refractivity contribution in [3.8, 4) is 0 Å². The first-order valence-electron chi connectivity index (χ1n) is 7.76. The quantitative estimate of drug-likeness (QED) is 0.687. The second kappa shape index (κ2) is 7.09. The Balaban J connectivity index is 1.58. The Hall–Kier alpha value is -1.63. The predicted molar refractivity (Wildman–Crippen MR) is 98.7 cm³/mol. The zero-order chi connectivity index (χ0) is 15.4. The molecule has 0 amide bonds. The number of aromatic nitrogens is 1. The van der Waals surface area contributed by atoms with Gasteiger partial charge in [-0.3, -0.25) is 0 Å². The van der Waals surface area contributed by atoms with Gasteiger partial charge in [-0.05, 0) is 42.6 Å². The van der Waals surface area contributed by atoms with Gasteiger partial charge in [0.05, 0.1) is 0 Å². The number of nitrogens with one attached hydrogen (secondary N) is 1. The molecular formula is C19H23N2P. The molecule has 0 saturated carbocycles. The highest BCUT2D eigenvalue weighted by Gasteiger charge is 2.05. The van der Waals surface area contributed by atoms with E-state index in [1.807, 2.05) is 0 Å². The molecule has 2 aromatic carbocycles. The molecule has 0 aliphatic carbocycles. The van der Waals surface area contributed by atoms with Crippen LogP contribution in [-0.2, 0) is 13.0 Å². The van der Waals surface area contributed by atoms with Crippen molar-refractivity contribution < 1.29 is 0 Å². The van der Waals surface area contributed by atoms with Crippen molar-refractivity contribution in [3.63, 3.8) is 0 Å². The van der Waals surface area contributed by atoms with Gasteiger partial charge in [0.2, 0.25) is 0 Å². The van der Waals surface area contributed by atoms with Gasteiger partial charge in [-0.15, -0.1) is 0 Å². The van der Waals surface area contributed by atoms with Crippen molar-refractivity contribution in [1.82, 2.24) is 9.88 Å². The summed E-state index contributed by atoms with van der Waals surface area (Å²) in [5.74, 6) is 0. The van der Waals surface area contributed by atoms with Crippen LogP contribution < -0.4 is 5.30 Å². The first-order chi connectivity index (χ1) is 10.8. The summed E-state index contributed by atoms with van der Waals surface area (Å²) in [7, 11) is 3.08. The number of H-pyrrole nitrogens is 1. The third-order valence-corrected chi connectivity index (χ3v) is 5.04. The monoisotopic (exact) mass is 310 g/mol. The van der Waals surface area contributed by atoms with E-state index in [4.69, 9.17) is 0 Å². The normalized spacial score (nSPS) is 12.0. The molecule has 3 heteroatoms. The first kappa shape index (κ1) is 15.3. The highest BCUT2D eigenvalue weighted by atomic mass is 31.1. The van der Waals surface area contributed by atoms with E-state index in [0.29, 0.717) is 0 Å². The van der Waals surface area contributed by atoms with Gasteiger partial charge < -0.3 is 9.88 Å². The van der Waals surface area contributed by atoms with Gasteiger partial charge in [0.1, 0.15) is 0 Å². The largest absolute Gasteiger partial charge is 0.361 e. The standard InChI is InChI=1S/C19H23N2P/c1-21(14-15-7-9-17(22-2)10-8-15)12-11-16-13-20-19-6-4-3-5-18(16)19/h3-10,13,20,22H,11-12,14H2,1-2H3. The molecule has 1 unspecified atom stereocenters. The Morgan fingerprint density at radius 2 is 1.82 bits per heavy atom. The highest BCUT2D eigenvalue weighted by molar-refractivity contribution is 7.46. The molecule has 0 aliphatic heterocycles. The summed E-state index contributed by atoms with van der Waals surface area (Å²) in [5.41, 5.74) is 4.03. The SMILES string of the molecule is CPc1ccc(CN(C)CCc2c[nH]c3ccccc23)cc1. The summed E-state index contributed by atoms with van der Waals surface area (Å²) in [6, 6.07) is 17.5. The van der Waals surface area contributed by atoms with Crippen LogP contribution in [-0.4, -0.2) is 30.1 Å². The maximum absolute atomic E-state index is 3.36. The van der Waals surface area contributed by atoms with Gasteiger partial charge in [-0.2, -0.15) is 0 Å². The molecule has 22 heavy (non-hydrogen) atoms. The number of likely N-dealkylation sites (N-methyl/N-ethyl adjacent to an activating group) is 1. The summed E-state index contributed by atoms with van der Waals surface area (Å²) in [4.78, 5) is 5.75. The fourth-order valence-electron chi connectivity index (χ4n) is 2.82. The van der Waals surface area contributed by atoms with E-state index in [2.05, 4.69) is 78.3 Å². The molecule has 0 fully saturated rings. The number of benzene rings is 2. The van der Waals surface area contributed by atoms with E-state index in [-0.39, 0.29) is 0 Å². The lowest BCUT2D eigenvalue weighted by Gasteiger charge is -2.16. The Morgan fingerprint density at radius 3 is 2.59 bits per heavy atom. The van der Waals surface area contributed by atoms with Crippen molar-refractivity contribution in [2.24, 2.45) is 0 Å². The van der Waals surface area contributed by atoms with Crippen molar-refractivity contribution in [3.05, 3.63) is 65.9 Å². The van der Waals surface area contributed by atoms with Crippen LogP contribution in [0.25, 0.3) is 10.9 Å². The van der Waals surface area contributed by atoms with Crippen molar-refractivity contribution in [1.29, 1.82) is 0 Å². The number of para-hydroxylation sites is 1. The maximum Gasteiger partial charge on any atom is 0.0456 e. The summed E-state index contributed by atoms with van der Waals surface area (Å²) in [6.07, 6.45) is 3.23. The second-order valence-electron chi connectivity index (χ2n) is 5.79. The van der Waals surface area contributed by atoms with Gasteiger partial charge in [-0.1, -0.05) is 51.0 Å². The fraction of sp³-hybridized carbons (Fsp3) is 0.263. The van der Waals surface area contributed by atoms with Gasteiger partial charge >= 0.3 is 0 Å². The number of aromatic amines is 1. The highest BCUT2D eigenvalue weighted by Crippen LogP contribution is 2.18. The fourth-order valence-corrected chi connectivity index (χ4v) is 3.32. The molecule has 3 rings (SSSR count). The number of rotatable bonds is 6. The summed E-state index contributed by atoms with van der Waals surface area (Å²) in [5, 5.41) is 2.79. The minimum Gasteiger partial charge on any atom is -0.361 e. The van der Waals surface area contributed by atoms with E-state index < -0.39 is 0 Å². The molecule has 0 radical (unpaired) electrons. The van der Waals surface area contributed by atoms with Gasteiger partial charge in [0.15, 0.2) is 0 Å². The molecule has 1 heterocycles. The van der Waals surface area contributed by atoms with Crippen molar-refractivity contribution in [2.45, 2.75) is 13.0 Å². The van der Waals surface area contributed by atoms with E-state index in [9.17, 15) is 0 Å². The number of hydrogen-bond donors (Lipinski definition) is 1. The average Bonchev–Trinajstić information content (AvgIpc) is 2.97. The second-order valence-corrected chi connectivity index (χ2v) is 6.87. The van der Waals surface area contributed by atoms with Gasteiger partial charge in [0.25, 0.3) is 0 Å². The molecule has 1 N–H and O–H groups in total. The van der Waals surface area contributed by atoms with Gasteiger partial charge in [0, 0.05) is 30.2 Å². The summed E-state index contributed by atoms with van der Waals surface area (Å²) < 4.78 is 0. The van der Waals surface area contributed by atoms with Crippen LogP contribution in [0.3, 0.4) is 0 Å². The van der Waals surface area contributed by atoms with Crippen molar-refractivity contribution in [2.75, 3.05) is 20.3 Å². The topological polar surface area (TPSA) is 19.0 Å². The van der Waals surface area contributed by atoms with Crippen LogP contribution in [0.5, 0.6) is 0 Å².